The van der Waals surface area contributed by atoms with E-state index in [4.69, 9.17) is 0 Å². The number of nitrogens with one attached hydrogen (secondary N) is 1. The summed E-state index contributed by atoms with van der Waals surface area (Å²) in [6.45, 7) is 10.9. The molecule has 1 aromatic carbocycles. The summed E-state index contributed by atoms with van der Waals surface area (Å²) in [6.07, 6.45) is 11.8. The van der Waals surface area contributed by atoms with Gasteiger partial charge in [0, 0.05) is 30.6 Å². The zero-order valence-electron chi connectivity index (χ0n) is 22.6. The standard InChI is InChI=1S/C31H44N2O2/c1-29(2,3)28(35)32-22-10-7-20(8-11-22)19-21-9-13-24-23-12-14-26-31(5,18-16-27(34)33(26)6)25(23)15-17-30(21,24)4/h7-8,10-11,19,23-26H,9,12-18H2,1-6H3,(H,32,35)/t23-,24-,25+,26?,30+,31+/m0/s1. The Labute approximate surface area is 211 Å². The Morgan fingerprint density at radius 3 is 2.40 bits per heavy atom. The zero-order chi connectivity index (χ0) is 25.2. The zero-order valence-corrected chi connectivity index (χ0v) is 22.6. The van der Waals surface area contributed by atoms with Gasteiger partial charge in [-0.1, -0.05) is 58.4 Å². The Balaban J connectivity index is 1.33. The van der Waals surface area contributed by atoms with Crippen molar-refractivity contribution in [3.8, 4) is 0 Å². The van der Waals surface area contributed by atoms with Crippen LogP contribution in [0.2, 0.25) is 0 Å². The second-order valence-corrected chi connectivity index (χ2v) is 13.5. The van der Waals surface area contributed by atoms with Gasteiger partial charge in [0.2, 0.25) is 11.8 Å². The first-order valence-corrected chi connectivity index (χ1v) is 13.8. The van der Waals surface area contributed by atoms with Crippen LogP contribution >= 0.6 is 0 Å². The second-order valence-electron chi connectivity index (χ2n) is 13.5. The molecule has 190 valence electrons. The van der Waals surface area contributed by atoms with Gasteiger partial charge in [0.1, 0.15) is 0 Å². The number of fused-ring (bicyclic) bond motifs is 5. The highest BCUT2D eigenvalue weighted by Crippen LogP contribution is 2.66. The van der Waals surface area contributed by atoms with Gasteiger partial charge in [-0.05, 0) is 91.2 Å². The Kier molecular flexibility index (Phi) is 5.96. The lowest BCUT2D eigenvalue weighted by molar-refractivity contribution is -0.156. The number of nitrogens with zero attached hydrogens (tertiary/aromatic N) is 1. The van der Waals surface area contributed by atoms with Crippen LogP contribution in [0, 0.1) is 34.0 Å². The smallest absolute Gasteiger partial charge is 0.229 e. The molecule has 1 unspecified atom stereocenters. The van der Waals surface area contributed by atoms with Crippen LogP contribution in [0.25, 0.3) is 6.08 Å². The van der Waals surface area contributed by atoms with Crippen molar-refractivity contribution in [2.45, 2.75) is 92.0 Å². The third kappa shape index (κ3) is 4.05. The minimum atomic E-state index is -0.397. The van der Waals surface area contributed by atoms with Crippen LogP contribution in [0.15, 0.2) is 29.8 Å². The first-order valence-electron chi connectivity index (χ1n) is 13.8. The number of rotatable bonds is 2. The maximum absolute atomic E-state index is 12.4. The van der Waals surface area contributed by atoms with E-state index in [2.05, 4.69) is 42.3 Å². The number of anilines is 1. The first kappa shape index (κ1) is 24.6. The molecule has 1 saturated heterocycles. The second kappa shape index (κ2) is 8.49. The molecule has 2 amide bonds. The Morgan fingerprint density at radius 2 is 1.71 bits per heavy atom. The highest BCUT2D eigenvalue weighted by Gasteiger charge is 2.60. The minimum absolute atomic E-state index is 0.0449. The monoisotopic (exact) mass is 476 g/mol. The molecule has 1 aliphatic heterocycles. The molecule has 1 aromatic rings. The van der Waals surface area contributed by atoms with E-state index >= 15 is 0 Å². The number of benzene rings is 1. The molecule has 6 atom stereocenters. The van der Waals surface area contributed by atoms with Crippen LogP contribution in [-0.2, 0) is 9.59 Å². The van der Waals surface area contributed by atoms with Gasteiger partial charge >= 0.3 is 0 Å². The van der Waals surface area contributed by atoms with E-state index in [0.717, 1.165) is 36.3 Å². The number of carbonyl (C=O) groups excluding carboxylic acids is 2. The fraction of sp³-hybridized carbons (Fsp3) is 0.677. The van der Waals surface area contributed by atoms with Gasteiger partial charge in [-0.15, -0.1) is 0 Å². The van der Waals surface area contributed by atoms with Crippen LogP contribution in [0.1, 0.15) is 91.5 Å². The molecule has 0 spiro atoms. The third-order valence-corrected chi connectivity index (χ3v) is 10.6. The molecule has 4 fully saturated rings. The normalized spacial score (nSPS) is 38.1. The van der Waals surface area contributed by atoms with Gasteiger partial charge in [-0.3, -0.25) is 9.59 Å². The predicted molar refractivity (Wildman–Crippen MR) is 143 cm³/mol. The lowest BCUT2D eigenvalue weighted by Crippen LogP contribution is -2.61. The molecule has 35 heavy (non-hydrogen) atoms. The molecule has 0 aromatic heterocycles. The number of likely N-dealkylation sites (tertiary alicyclic amines) is 1. The molecular weight excluding hydrogens is 432 g/mol. The molecule has 4 heteroatoms. The van der Waals surface area contributed by atoms with Crippen molar-refractivity contribution >= 4 is 23.6 Å². The molecule has 0 bridgehead atoms. The van der Waals surface area contributed by atoms with Crippen molar-refractivity contribution in [3.63, 3.8) is 0 Å². The summed E-state index contributed by atoms with van der Waals surface area (Å²) >= 11 is 0. The highest BCUT2D eigenvalue weighted by atomic mass is 16.2. The van der Waals surface area contributed by atoms with Crippen molar-refractivity contribution in [2.24, 2.45) is 34.0 Å². The van der Waals surface area contributed by atoms with E-state index in [-0.39, 0.29) is 11.3 Å². The Morgan fingerprint density at radius 1 is 1.00 bits per heavy atom. The summed E-state index contributed by atoms with van der Waals surface area (Å²) in [7, 11) is 2.05. The lowest BCUT2D eigenvalue weighted by atomic mass is 9.47. The number of piperidine rings is 1. The van der Waals surface area contributed by atoms with Crippen LogP contribution < -0.4 is 5.32 Å². The molecular formula is C31H44N2O2. The van der Waals surface area contributed by atoms with Gasteiger partial charge in [-0.25, -0.2) is 0 Å². The molecule has 1 N–H and O–H groups in total. The molecule has 3 saturated carbocycles. The number of allylic oxidation sites excluding steroid dienone is 1. The number of hydrogen-bond acceptors (Lipinski definition) is 2. The number of carbonyl (C=O) groups is 2. The van der Waals surface area contributed by atoms with Gasteiger partial charge in [0.15, 0.2) is 0 Å². The summed E-state index contributed by atoms with van der Waals surface area (Å²) in [5.74, 6) is 2.70. The van der Waals surface area contributed by atoms with Gasteiger partial charge in [0.05, 0.1) is 0 Å². The maximum atomic E-state index is 12.4. The van der Waals surface area contributed by atoms with Crippen molar-refractivity contribution in [1.29, 1.82) is 0 Å². The summed E-state index contributed by atoms with van der Waals surface area (Å²) in [6, 6.07) is 8.79. The third-order valence-electron chi connectivity index (χ3n) is 10.6. The van der Waals surface area contributed by atoms with Crippen molar-refractivity contribution in [2.75, 3.05) is 12.4 Å². The van der Waals surface area contributed by atoms with E-state index in [0.29, 0.717) is 17.4 Å². The fourth-order valence-corrected chi connectivity index (χ4v) is 8.42. The average Bonchev–Trinajstić information content (AvgIpc) is 3.13. The summed E-state index contributed by atoms with van der Waals surface area (Å²) in [5.41, 5.74) is 3.90. The van der Waals surface area contributed by atoms with E-state index in [9.17, 15) is 9.59 Å². The van der Waals surface area contributed by atoms with Gasteiger partial charge in [0.25, 0.3) is 0 Å². The summed E-state index contributed by atoms with van der Waals surface area (Å²) in [4.78, 5) is 26.8. The van der Waals surface area contributed by atoms with E-state index in [1.807, 2.05) is 40.0 Å². The van der Waals surface area contributed by atoms with Crippen LogP contribution in [-0.4, -0.2) is 29.8 Å². The predicted octanol–water partition coefficient (Wildman–Crippen LogP) is 6.92. The van der Waals surface area contributed by atoms with Crippen LogP contribution in [0.5, 0.6) is 0 Å². The van der Waals surface area contributed by atoms with Crippen molar-refractivity contribution in [3.05, 3.63) is 35.4 Å². The van der Waals surface area contributed by atoms with E-state index in [1.165, 1.54) is 44.1 Å². The molecule has 5 rings (SSSR count). The van der Waals surface area contributed by atoms with E-state index < -0.39 is 5.41 Å². The highest BCUT2D eigenvalue weighted by molar-refractivity contribution is 5.94. The SMILES string of the molecule is CN1C(=O)CC[C@@]2(C)C1CC[C@@H]1[C@H]2CC[C@]2(C)C(=Cc3ccc(NC(=O)C(C)(C)C)cc3)CC[C@@H]12. The number of amides is 2. The van der Waals surface area contributed by atoms with Crippen molar-refractivity contribution in [1.82, 2.24) is 4.90 Å². The minimum Gasteiger partial charge on any atom is -0.342 e. The maximum Gasteiger partial charge on any atom is 0.229 e. The van der Waals surface area contributed by atoms with E-state index in [1.54, 1.807) is 5.57 Å². The molecule has 4 aliphatic rings. The number of hydrogen-bond donors (Lipinski definition) is 1. The largest absolute Gasteiger partial charge is 0.342 e. The van der Waals surface area contributed by atoms with Gasteiger partial charge in [-0.2, -0.15) is 0 Å². The van der Waals surface area contributed by atoms with Crippen LogP contribution in [0.4, 0.5) is 5.69 Å². The van der Waals surface area contributed by atoms with Crippen molar-refractivity contribution < 1.29 is 9.59 Å². The topological polar surface area (TPSA) is 49.4 Å². The molecule has 0 radical (unpaired) electrons. The van der Waals surface area contributed by atoms with Crippen LogP contribution in [0.3, 0.4) is 0 Å². The molecule has 3 aliphatic carbocycles. The molecule has 4 nitrogen and oxygen atoms in total. The molecule has 1 heterocycles. The Bertz CT molecular complexity index is 1040. The summed E-state index contributed by atoms with van der Waals surface area (Å²) in [5, 5.41) is 3.03. The summed E-state index contributed by atoms with van der Waals surface area (Å²) < 4.78 is 0. The average molecular weight is 477 g/mol. The Hall–Kier alpha value is -2.10. The van der Waals surface area contributed by atoms with Gasteiger partial charge < -0.3 is 10.2 Å². The first-order chi connectivity index (χ1) is 16.4. The quantitative estimate of drug-likeness (QED) is 0.504. The fourth-order valence-electron chi connectivity index (χ4n) is 8.42. The lowest BCUT2D eigenvalue weighted by Gasteiger charge is -2.61.